The van der Waals surface area contributed by atoms with Crippen molar-refractivity contribution in [3.8, 4) is 5.88 Å². The molecular formula is C13H23N5O2. The number of rotatable bonds is 6. The van der Waals surface area contributed by atoms with Crippen molar-refractivity contribution in [1.82, 2.24) is 15.3 Å². The molecule has 0 aliphatic heterocycles. The zero-order valence-electron chi connectivity index (χ0n) is 12.5. The summed E-state index contributed by atoms with van der Waals surface area (Å²) in [4.78, 5) is 19.6. The number of amides is 1. The molecule has 4 N–H and O–H groups in total. The largest absolute Gasteiger partial charge is 0.476 e. The third kappa shape index (κ3) is 5.29. The summed E-state index contributed by atoms with van der Waals surface area (Å²) >= 11 is 0. The summed E-state index contributed by atoms with van der Waals surface area (Å²) in [5.74, 6) is 0.804. The van der Waals surface area contributed by atoms with E-state index in [1.54, 1.807) is 0 Å². The second-order valence-electron chi connectivity index (χ2n) is 5.35. The summed E-state index contributed by atoms with van der Waals surface area (Å²) in [6, 6.07) is 0. The lowest BCUT2D eigenvalue weighted by Gasteiger charge is -2.20. The van der Waals surface area contributed by atoms with Gasteiger partial charge in [-0.05, 0) is 27.7 Å². The molecule has 0 aromatic carbocycles. The molecule has 0 saturated carbocycles. The van der Waals surface area contributed by atoms with E-state index in [9.17, 15) is 4.79 Å². The second-order valence-corrected chi connectivity index (χ2v) is 5.35. The number of nitrogens with two attached hydrogens (primary N) is 1. The Morgan fingerprint density at radius 1 is 1.40 bits per heavy atom. The maximum absolute atomic E-state index is 11.7. The molecule has 0 bridgehead atoms. The maximum Gasteiger partial charge on any atom is 0.242 e. The van der Waals surface area contributed by atoms with Crippen molar-refractivity contribution >= 4 is 17.4 Å². The first kappa shape index (κ1) is 16.0. The molecule has 112 valence electrons. The van der Waals surface area contributed by atoms with Crippen LogP contribution in [0.1, 0.15) is 34.1 Å². The molecule has 0 aliphatic carbocycles. The number of carbonyl (C=O) groups excluding carboxylic acids is 1. The fraction of sp³-hybridized carbons (Fsp3) is 0.615. The zero-order valence-corrected chi connectivity index (χ0v) is 12.5. The highest BCUT2D eigenvalue weighted by molar-refractivity contribution is 5.77. The summed E-state index contributed by atoms with van der Waals surface area (Å²) in [7, 11) is 0. The molecule has 0 spiro atoms. The van der Waals surface area contributed by atoms with Crippen molar-refractivity contribution in [3.05, 3.63) is 6.33 Å². The van der Waals surface area contributed by atoms with Crippen LogP contribution in [0, 0.1) is 0 Å². The molecule has 0 radical (unpaired) electrons. The quantitative estimate of drug-likeness (QED) is 0.723. The second kappa shape index (κ2) is 6.93. The van der Waals surface area contributed by atoms with Gasteiger partial charge in [-0.1, -0.05) is 0 Å². The highest BCUT2D eigenvalue weighted by Crippen LogP contribution is 2.24. The van der Waals surface area contributed by atoms with Crippen LogP contribution in [0.15, 0.2) is 6.33 Å². The molecule has 1 rings (SSSR count). The number of aromatic nitrogens is 2. The van der Waals surface area contributed by atoms with E-state index >= 15 is 0 Å². The van der Waals surface area contributed by atoms with Crippen LogP contribution in [0.25, 0.3) is 0 Å². The summed E-state index contributed by atoms with van der Waals surface area (Å²) in [6.07, 6.45) is 1.71. The van der Waals surface area contributed by atoms with Gasteiger partial charge >= 0.3 is 0 Å². The van der Waals surface area contributed by atoms with E-state index in [0.29, 0.717) is 37.0 Å². The highest BCUT2D eigenvalue weighted by atomic mass is 16.5. The number of nitrogen functional groups attached to an aromatic ring is 1. The molecule has 0 aliphatic rings. The van der Waals surface area contributed by atoms with Gasteiger partial charge < -0.3 is 21.1 Å². The van der Waals surface area contributed by atoms with Gasteiger partial charge in [0.15, 0.2) is 5.82 Å². The Kier molecular flexibility index (Phi) is 5.54. The molecule has 7 heteroatoms. The molecule has 7 nitrogen and oxygen atoms in total. The normalized spacial score (nSPS) is 11.0. The van der Waals surface area contributed by atoms with E-state index in [4.69, 9.17) is 10.5 Å². The Balaban J connectivity index is 2.50. The van der Waals surface area contributed by atoms with Crippen LogP contribution in [0.5, 0.6) is 5.88 Å². The van der Waals surface area contributed by atoms with Gasteiger partial charge in [0.1, 0.15) is 12.0 Å². The van der Waals surface area contributed by atoms with Crippen molar-refractivity contribution < 1.29 is 9.53 Å². The van der Waals surface area contributed by atoms with Crippen LogP contribution in [-0.2, 0) is 4.79 Å². The topological polar surface area (TPSA) is 102 Å². The standard InChI is InChI=1S/C13H23N5O2/c1-5-20-12-10(14)11(16-8-17-12)15-7-6-9(19)18-13(2,3)4/h8H,5-7,14H2,1-4H3,(H,18,19)(H,15,16,17). The van der Waals surface area contributed by atoms with Gasteiger partial charge in [-0.25, -0.2) is 4.98 Å². The Morgan fingerprint density at radius 3 is 2.70 bits per heavy atom. The Bertz CT molecular complexity index is 457. The van der Waals surface area contributed by atoms with E-state index in [-0.39, 0.29) is 11.4 Å². The van der Waals surface area contributed by atoms with E-state index in [2.05, 4.69) is 20.6 Å². The van der Waals surface area contributed by atoms with Crippen molar-refractivity contribution in [2.24, 2.45) is 0 Å². The summed E-state index contributed by atoms with van der Waals surface area (Å²) in [5, 5.41) is 5.90. The fourth-order valence-electron chi connectivity index (χ4n) is 1.55. The third-order valence-corrected chi connectivity index (χ3v) is 2.29. The molecule has 1 aromatic heterocycles. The van der Waals surface area contributed by atoms with Gasteiger partial charge in [-0.2, -0.15) is 4.98 Å². The first-order valence-corrected chi connectivity index (χ1v) is 6.61. The van der Waals surface area contributed by atoms with Crippen LogP contribution < -0.4 is 21.1 Å². The molecule has 1 aromatic rings. The number of nitrogens with one attached hydrogen (secondary N) is 2. The van der Waals surface area contributed by atoms with Crippen LogP contribution in [-0.4, -0.2) is 34.6 Å². The van der Waals surface area contributed by atoms with Gasteiger partial charge in [0.05, 0.1) is 6.61 Å². The van der Waals surface area contributed by atoms with E-state index in [1.807, 2.05) is 27.7 Å². The summed E-state index contributed by atoms with van der Waals surface area (Å²) in [6.45, 7) is 8.59. The fourth-order valence-corrected chi connectivity index (χ4v) is 1.55. The zero-order chi connectivity index (χ0) is 15.2. The van der Waals surface area contributed by atoms with Gasteiger partial charge in [0, 0.05) is 18.5 Å². The van der Waals surface area contributed by atoms with Crippen molar-refractivity contribution in [3.63, 3.8) is 0 Å². The van der Waals surface area contributed by atoms with E-state index in [1.165, 1.54) is 6.33 Å². The van der Waals surface area contributed by atoms with Crippen LogP contribution in [0.3, 0.4) is 0 Å². The van der Waals surface area contributed by atoms with Gasteiger partial charge in [0.25, 0.3) is 0 Å². The lowest BCUT2D eigenvalue weighted by Crippen LogP contribution is -2.41. The Morgan fingerprint density at radius 2 is 2.10 bits per heavy atom. The van der Waals surface area contributed by atoms with Crippen LogP contribution >= 0.6 is 0 Å². The number of hydrogen-bond donors (Lipinski definition) is 3. The number of anilines is 2. The first-order chi connectivity index (χ1) is 9.33. The van der Waals surface area contributed by atoms with E-state index in [0.717, 1.165) is 0 Å². The molecule has 0 atom stereocenters. The van der Waals surface area contributed by atoms with Gasteiger partial charge in [-0.15, -0.1) is 0 Å². The molecule has 1 heterocycles. The molecular weight excluding hydrogens is 258 g/mol. The SMILES string of the molecule is CCOc1ncnc(NCCC(=O)NC(C)(C)C)c1N. The van der Waals surface area contributed by atoms with Crippen molar-refractivity contribution in [2.45, 2.75) is 39.7 Å². The third-order valence-electron chi connectivity index (χ3n) is 2.29. The number of carbonyl (C=O) groups is 1. The number of hydrogen-bond acceptors (Lipinski definition) is 6. The number of nitrogens with zero attached hydrogens (tertiary/aromatic N) is 2. The van der Waals surface area contributed by atoms with Gasteiger partial charge in [0.2, 0.25) is 11.8 Å². The summed E-state index contributed by atoms with van der Waals surface area (Å²) in [5.41, 5.74) is 6.00. The minimum atomic E-state index is -0.229. The average molecular weight is 281 g/mol. The number of ether oxygens (including phenoxy) is 1. The summed E-state index contributed by atoms with van der Waals surface area (Å²) < 4.78 is 5.28. The molecule has 0 saturated heterocycles. The monoisotopic (exact) mass is 281 g/mol. The van der Waals surface area contributed by atoms with Gasteiger partial charge in [-0.3, -0.25) is 4.79 Å². The molecule has 0 unspecified atom stereocenters. The van der Waals surface area contributed by atoms with Crippen LogP contribution in [0.4, 0.5) is 11.5 Å². The predicted octanol–water partition coefficient (Wildman–Crippen LogP) is 1.17. The Hall–Kier alpha value is -2.05. The van der Waals surface area contributed by atoms with Crippen LogP contribution in [0.2, 0.25) is 0 Å². The Labute approximate surface area is 119 Å². The van der Waals surface area contributed by atoms with E-state index < -0.39 is 0 Å². The highest BCUT2D eigenvalue weighted by Gasteiger charge is 2.14. The molecule has 1 amide bonds. The average Bonchev–Trinajstić information content (AvgIpc) is 2.32. The first-order valence-electron chi connectivity index (χ1n) is 6.61. The van der Waals surface area contributed by atoms with Crippen molar-refractivity contribution in [1.29, 1.82) is 0 Å². The lowest BCUT2D eigenvalue weighted by molar-refractivity contribution is -0.122. The predicted molar refractivity (Wildman–Crippen MR) is 78.6 cm³/mol. The lowest BCUT2D eigenvalue weighted by atomic mass is 10.1. The molecule has 20 heavy (non-hydrogen) atoms. The molecule has 0 fully saturated rings. The minimum Gasteiger partial charge on any atom is -0.476 e. The minimum absolute atomic E-state index is 0.0253. The maximum atomic E-state index is 11.7. The smallest absolute Gasteiger partial charge is 0.242 e. The van der Waals surface area contributed by atoms with Crippen molar-refractivity contribution in [2.75, 3.05) is 24.2 Å².